The molecule has 0 radical (unpaired) electrons. The Balaban J connectivity index is 1.91. The minimum Gasteiger partial charge on any atom is -0.444 e. The van der Waals surface area contributed by atoms with Gasteiger partial charge in [-0.05, 0) is 92.7 Å². The van der Waals surface area contributed by atoms with Gasteiger partial charge in [-0.25, -0.2) is 9.36 Å². The molecular weight excluding hydrogens is 629 g/mol. The van der Waals surface area contributed by atoms with Crippen LogP contribution in [0.4, 0.5) is 4.79 Å². The minimum absolute atomic E-state index is 0.260. The molecule has 2 N–H and O–H groups in total. The van der Waals surface area contributed by atoms with Crippen molar-refractivity contribution in [2.24, 2.45) is 11.8 Å². The average molecular weight is 686 g/mol. The highest BCUT2D eigenvalue weighted by Gasteiger charge is 2.46. The second-order valence-corrected chi connectivity index (χ2v) is 16.9. The van der Waals surface area contributed by atoms with Crippen LogP contribution >= 0.6 is 7.60 Å². The first-order chi connectivity index (χ1) is 22.3. The van der Waals surface area contributed by atoms with Gasteiger partial charge in [0.15, 0.2) is 5.78 Å². The molecule has 11 heteroatoms. The Morgan fingerprint density at radius 2 is 1.25 bits per heavy atom. The highest BCUT2D eigenvalue weighted by Crippen LogP contribution is 2.54. The lowest BCUT2D eigenvalue weighted by Gasteiger charge is -2.34. The Kier molecular flexibility index (Phi) is 13.2. The molecule has 3 amide bonds. The van der Waals surface area contributed by atoms with Crippen LogP contribution in [0.25, 0.3) is 0 Å². The van der Waals surface area contributed by atoms with Crippen molar-refractivity contribution in [3.63, 3.8) is 0 Å². The number of rotatable bonds is 13. The van der Waals surface area contributed by atoms with Crippen LogP contribution in [0.1, 0.15) is 112 Å². The van der Waals surface area contributed by atoms with Gasteiger partial charge in [0.1, 0.15) is 29.2 Å². The maximum atomic E-state index is 14.9. The number of likely N-dealkylation sites (tertiary alicyclic amines) is 1. The molecule has 3 atom stereocenters. The molecule has 1 heterocycles. The van der Waals surface area contributed by atoms with Gasteiger partial charge in [-0.15, -0.1) is 0 Å². The number of nitrogens with one attached hydrogen (secondary N) is 2. The number of hydrogen-bond donors (Lipinski definition) is 2. The quantitative estimate of drug-likeness (QED) is 0.204. The molecule has 266 valence electrons. The van der Waals surface area contributed by atoms with Crippen LogP contribution in [0.2, 0.25) is 0 Å². The zero-order chi connectivity index (χ0) is 36.0. The first-order valence-corrected chi connectivity index (χ1v) is 18.7. The van der Waals surface area contributed by atoms with Crippen LogP contribution in [0, 0.1) is 11.8 Å². The van der Waals surface area contributed by atoms with Gasteiger partial charge in [-0.1, -0.05) is 79.7 Å². The van der Waals surface area contributed by atoms with Crippen molar-refractivity contribution in [1.29, 1.82) is 0 Å². The molecule has 48 heavy (non-hydrogen) atoms. The summed E-state index contributed by atoms with van der Waals surface area (Å²) in [5, 5.41) is 5.67. The van der Waals surface area contributed by atoms with Crippen LogP contribution in [0.15, 0.2) is 48.5 Å². The fourth-order valence-corrected chi connectivity index (χ4v) is 7.65. The van der Waals surface area contributed by atoms with E-state index in [4.69, 9.17) is 13.8 Å². The minimum atomic E-state index is -4.13. The monoisotopic (exact) mass is 685 g/mol. The molecule has 0 aliphatic carbocycles. The highest BCUT2D eigenvalue weighted by molar-refractivity contribution is 7.55. The second-order valence-electron chi connectivity index (χ2n) is 14.9. The number of ether oxygens (including phenoxy) is 1. The summed E-state index contributed by atoms with van der Waals surface area (Å²) < 4.78 is 32.7. The third kappa shape index (κ3) is 10.5. The summed E-state index contributed by atoms with van der Waals surface area (Å²) in [4.78, 5) is 41.9. The van der Waals surface area contributed by atoms with E-state index in [1.54, 1.807) is 45.0 Å². The standard InChI is InChI=1S/C37H56N3O7P/c1-23(2)27-14-18-29(19-15-27)46-48(44,47-30-20-16-28(17-21-30)24(3)4)34(26(7)8)39-33(41)31-13-12-22-40(31)35(42)32(25(5)6)38-36(43)45-37(9,10)11/h14-21,23-26,31-32,34H,12-13,22H2,1-11H3,(H,38,43)(H,39,41)/t31-,32-,34?/m0/s1. The summed E-state index contributed by atoms with van der Waals surface area (Å²) >= 11 is 0. The third-order valence-corrected chi connectivity index (χ3v) is 10.6. The van der Waals surface area contributed by atoms with Crippen molar-refractivity contribution < 1.29 is 32.7 Å². The molecule has 0 aromatic heterocycles. The molecule has 0 spiro atoms. The Bertz CT molecular complexity index is 1370. The van der Waals surface area contributed by atoms with Gasteiger partial charge in [0.2, 0.25) is 11.8 Å². The second kappa shape index (κ2) is 16.3. The summed E-state index contributed by atoms with van der Waals surface area (Å²) in [6.07, 6.45) is 0.314. The molecule has 0 saturated carbocycles. The topological polar surface area (TPSA) is 123 Å². The number of benzene rings is 2. The van der Waals surface area contributed by atoms with E-state index in [1.165, 1.54) is 4.90 Å². The SMILES string of the molecule is CC(C)c1ccc(OP(=O)(Oc2ccc(C(C)C)cc2)C(NC(=O)[C@@H]2CCCN2C(=O)[C@@H](NC(=O)OC(C)(C)C)C(C)C)C(C)C)cc1. The lowest BCUT2D eigenvalue weighted by atomic mass is 10.0. The lowest BCUT2D eigenvalue weighted by molar-refractivity contribution is -0.141. The lowest BCUT2D eigenvalue weighted by Crippen LogP contribution is -2.56. The predicted octanol–water partition coefficient (Wildman–Crippen LogP) is 8.22. The summed E-state index contributed by atoms with van der Waals surface area (Å²) in [6, 6.07) is 13.0. The summed E-state index contributed by atoms with van der Waals surface area (Å²) in [5.41, 5.74) is 1.47. The fourth-order valence-electron chi connectivity index (χ4n) is 5.54. The molecule has 1 aliphatic rings. The van der Waals surface area contributed by atoms with Gasteiger partial charge in [0.25, 0.3) is 0 Å². The van der Waals surface area contributed by atoms with Crippen molar-refractivity contribution in [3.8, 4) is 11.5 Å². The Morgan fingerprint density at radius 3 is 1.65 bits per heavy atom. The smallest absolute Gasteiger partial charge is 0.444 e. The first-order valence-electron chi connectivity index (χ1n) is 17.1. The van der Waals surface area contributed by atoms with E-state index >= 15 is 0 Å². The van der Waals surface area contributed by atoms with Crippen LogP contribution in [0.3, 0.4) is 0 Å². The molecule has 10 nitrogen and oxygen atoms in total. The van der Waals surface area contributed by atoms with E-state index in [2.05, 4.69) is 38.3 Å². The molecule has 3 rings (SSSR count). The molecular formula is C37H56N3O7P. The molecule has 1 fully saturated rings. The largest absolute Gasteiger partial charge is 0.453 e. The van der Waals surface area contributed by atoms with E-state index in [1.807, 2.05) is 52.0 Å². The number of nitrogens with zero attached hydrogens (tertiary/aromatic N) is 1. The molecule has 1 unspecified atom stereocenters. The molecule has 1 aliphatic heterocycles. The van der Waals surface area contributed by atoms with Gasteiger partial charge >= 0.3 is 13.7 Å². The number of carbonyl (C=O) groups is 3. The zero-order valence-corrected chi connectivity index (χ0v) is 31.4. The van der Waals surface area contributed by atoms with Gasteiger partial charge in [-0.2, -0.15) is 0 Å². The van der Waals surface area contributed by atoms with E-state index < -0.39 is 43.1 Å². The Morgan fingerprint density at radius 1 is 0.771 bits per heavy atom. The van der Waals surface area contributed by atoms with Crippen molar-refractivity contribution in [2.45, 2.75) is 124 Å². The van der Waals surface area contributed by atoms with Crippen LogP contribution in [-0.4, -0.2) is 52.8 Å². The van der Waals surface area contributed by atoms with Crippen LogP contribution < -0.4 is 19.7 Å². The average Bonchev–Trinajstić information content (AvgIpc) is 3.48. The van der Waals surface area contributed by atoms with Gasteiger partial charge in [0.05, 0.1) is 0 Å². The van der Waals surface area contributed by atoms with Gasteiger partial charge < -0.3 is 29.3 Å². The third-order valence-electron chi connectivity index (χ3n) is 8.26. The fraction of sp³-hybridized carbons (Fsp3) is 0.595. The van der Waals surface area contributed by atoms with E-state index in [-0.39, 0.29) is 17.7 Å². The van der Waals surface area contributed by atoms with Crippen molar-refractivity contribution in [1.82, 2.24) is 15.5 Å². The maximum Gasteiger partial charge on any atom is 0.453 e. The molecule has 2 aromatic carbocycles. The van der Waals surface area contributed by atoms with Crippen molar-refractivity contribution in [2.75, 3.05) is 6.54 Å². The van der Waals surface area contributed by atoms with E-state index in [0.717, 1.165) is 11.1 Å². The molecule has 2 aromatic rings. The van der Waals surface area contributed by atoms with Gasteiger partial charge in [-0.3, -0.25) is 9.59 Å². The highest BCUT2D eigenvalue weighted by atomic mass is 31.2. The molecule has 0 bridgehead atoms. The van der Waals surface area contributed by atoms with Gasteiger partial charge in [0, 0.05) is 6.54 Å². The number of amides is 3. The normalized spacial score (nSPS) is 16.6. The number of hydrogen-bond acceptors (Lipinski definition) is 7. The molecule has 1 saturated heterocycles. The van der Waals surface area contributed by atoms with Crippen LogP contribution in [0.5, 0.6) is 11.5 Å². The van der Waals surface area contributed by atoms with E-state index in [9.17, 15) is 18.9 Å². The summed E-state index contributed by atoms with van der Waals surface area (Å²) in [6.45, 7) is 21.3. The zero-order valence-electron chi connectivity index (χ0n) is 30.5. The number of alkyl carbamates (subject to hydrolysis) is 1. The Hall–Kier alpha value is -3.52. The van der Waals surface area contributed by atoms with E-state index in [0.29, 0.717) is 42.7 Å². The van der Waals surface area contributed by atoms with Crippen molar-refractivity contribution >= 4 is 25.5 Å². The van der Waals surface area contributed by atoms with Crippen LogP contribution in [-0.2, 0) is 18.9 Å². The number of carbonyl (C=O) groups excluding carboxylic acids is 3. The van der Waals surface area contributed by atoms with Crippen molar-refractivity contribution in [3.05, 3.63) is 59.7 Å². The maximum absolute atomic E-state index is 14.9. The summed E-state index contributed by atoms with van der Waals surface area (Å²) in [5.74, 6) is -1.20. The first kappa shape index (κ1) is 38.9. The predicted molar refractivity (Wildman–Crippen MR) is 189 cm³/mol. The summed E-state index contributed by atoms with van der Waals surface area (Å²) in [7, 11) is -4.13. The Labute approximate surface area is 287 Å².